The average Bonchev–Trinajstić information content (AvgIpc) is 2.52. The summed E-state index contributed by atoms with van der Waals surface area (Å²) < 4.78 is 28.9. The molecular formula is C22H33NO2S. The van der Waals surface area contributed by atoms with Gasteiger partial charge >= 0.3 is 0 Å². The van der Waals surface area contributed by atoms with Crippen molar-refractivity contribution in [2.45, 2.75) is 76.2 Å². The third-order valence-corrected chi connectivity index (χ3v) is 8.82. The van der Waals surface area contributed by atoms with Crippen molar-refractivity contribution in [2.75, 3.05) is 0 Å². The Kier molecular flexibility index (Phi) is 4.51. The maximum Gasteiger partial charge on any atom is 0.240 e. The zero-order valence-electron chi connectivity index (χ0n) is 16.5. The Labute approximate surface area is 159 Å². The van der Waals surface area contributed by atoms with Gasteiger partial charge in [-0.2, -0.15) is 0 Å². The van der Waals surface area contributed by atoms with Crippen LogP contribution in [0.25, 0.3) is 0 Å². The lowest BCUT2D eigenvalue weighted by Crippen LogP contribution is -2.52. The molecule has 5 rings (SSSR count). The summed E-state index contributed by atoms with van der Waals surface area (Å²) in [6.45, 7) is 8.52. The van der Waals surface area contributed by atoms with Crippen molar-refractivity contribution >= 4 is 10.0 Å². The Balaban J connectivity index is 1.49. The first-order valence-corrected chi connectivity index (χ1v) is 11.7. The van der Waals surface area contributed by atoms with Crippen LogP contribution >= 0.6 is 0 Å². The van der Waals surface area contributed by atoms with Crippen LogP contribution in [0, 0.1) is 29.6 Å². The van der Waals surface area contributed by atoms with E-state index in [-0.39, 0.29) is 11.5 Å². The van der Waals surface area contributed by atoms with Crippen LogP contribution in [0.15, 0.2) is 29.2 Å². The van der Waals surface area contributed by atoms with E-state index in [9.17, 15) is 8.42 Å². The lowest BCUT2D eigenvalue weighted by molar-refractivity contribution is -0.0463. The molecule has 4 bridgehead atoms. The lowest BCUT2D eigenvalue weighted by atomic mass is 9.51. The fourth-order valence-corrected chi connectivity index (χ4v) is 7.59. The summed E-state index contributed by atoms with van der Waals surface area (Å²) in [6, 6.07) is 7.43. The van der Waals surface area contributed by atoms with Gasteiger partial charge in [0, 0.05) is 6.04 Å². The number of rotatable bonds is 4. The molecule has 4 fully saturated rings. The predicted octanol–water partition coefficient (Wildman–Crippen LogP) is 4.72. The molecule has 0 saturated heterocycles. The highest BCUT2D eigenvalue weighted by Gasteiger charge is 2.50. The first kappa shape index (κ1) is 18.5. The van der Waals surface area contributed by atoms with Gasteiger partial charge in [-0.15, -0.1) is 0 Å². The molecule has 1 aromatic rings. The second-order valence-corrected chi connectivity index (χ2v) is 11.9. The maximum atomic E-state index is 12.9. The molecule has 0 unspecified atom stereocenters. The maximum absolute atomic E-state index is 12.9. The Bertz CT molecular complexity index is 732. The third kappa shape index (κ3) is 3.35. The molecule has 4 heteroatoms. The first-order valence-electron chi connectivity index (χ1n) is 10.3. The molecule has 0 heterocycles. The van der Waals surface area contributed by atoms with Gasteiger partial charge in [0.2, 0.25) is 10.0 Å². The quantitative estimate of drug-likeness (QED) is 0.827. The van der Waals surface area contributed by atoms with Gasteiger partial charge in [0.25, 0.3) is 0 Å². The third-order valence-electron chi connectivity index (χ3n) is 7.25. The summed E-state index contributed by atoms with van der Waals surface area (Å²) in [5.74, 6) is 3.82. The standard InChI is InChI=1S/C22H33NO2S/c1-14(21-17-10-15-9-16(12-17)13-18(21)11-15)23-26(24,25)20-7-5-19(6-8-20)22(2,3)4/h5-8,14-18,21,23H,9-13H2,1-4H3/t14-,15?,16?,17?,18?,21?/m1/s1. The number of sulfonamides is 1. The number of nitrogens with one attached hydrogen (secondary N) is 1. The van der Waals surface area contributed by atoms with Crippen LogP contribution in [0.1, 0.15) is 65.4 Å². The summed E-state index contributed by atoms with van der Waals surface area (Å²) >= 11 is 0. The molecule has 4 aliphatic carbocycles. The molecule has 0 aromatic heterocycles. The minimum absolute atomic E-state index is 0.0253. The molecule has 0 radical (unpaired) electrons. The SMILES string of the molecule is C[C@@H](NS(=O)(=O)c1ccc(C(C)(C)C)cc1)C1C2CC3CC(C2)CC1C3. The smallest absolute Gasteiger partial charge is 0.208 e. The van der Waals surface area contributed by atoms with Crippen LogP contribution in [0.2, 0.25) is 0 Å². The van der Waals surface area contributed by atoms with Crippen molar-refractivity contribution in [3.8, 4) is 0 Å². The van der Waals surface area contributed by atoms with E-state index in [4.69, 9.17) is 0 Å². The van der Waals surface area contributed by atoms with Gasteiger partial charge in [-0.25, -0.2) is 13.1 Å². The van der Waals surface area contributed by atoms with E-state index in [1.54, 1.807) is 12.1 Å². The molecule has 3 nitrogen and oxygen atoms in total. The highest BCUT2D eigenvalue weighted by atomic mass is 32.2. The molecule has 26 heavy (non-hydrogen) atoms. The lowest BCUT2D eigenvalue weighted by Gasteiger charge is -2.56. The molecule has 1 atom stereocenters. The largest absolute Gasteiger partial charge is 0.240 e. The average molecular weight is 376 g/mol. The van der Waals surface area contributed by atoms with Crippen LogP contribution in [-0.4, -0.2) is 14.5 Å². The van der Waals surface area contributed by atoms with Gasteiger partial charge in [-0.1, -0.05) is 32.9 Å². The van der Waals surface area contributed by atoms with Crippen LogP contribution < -0.4 is 4.72 Å². The Hall–Kier alpha value is -0.870. The topological polar surface area (TPSA) is 46.2 Å². The molecular weight excluding hydrogens is 342 g/mol. The van der Waals surface area contributed by atoms with Crippen LogP contribution in [0.5, 0.6) is 0 Å². The summed E-state index contributed by atoms with van der Waals surface area (Å²) in [5, 5.41) is 0. The minimum Gasteiger partial charge on any atom is -0.208 e. The number of benzene rings is 1. The number of hydrogen-bond acceptors (Lipinski definition) is 2. The zero-order chi connectivity index (χ0) is 18.7. The van der Waals surface area contributed by atoms with Crippen LogP contribution in [0.3, 0.4) is 0 Å². The van der Waals surface area contributed by atoms with E-state index in [1.165, 1.54) is 32.1 Å². The zero-order valence-corrected chi connectivity index (χ0v) is 17.4. The fourth-order valence-electron chi connectivity index (χ4n) is 6.31. The summed E-state index contributed by atoms with van der Waals surface area (Å²) in [5.41, 5.74) is 1.19. The molecule has 4 saturated carbocycles. The van der Waals surface area contributed by atoms with Gasteiger partial charge in [0.05, 0.1) is 4.90 Å². The van der Waals surface area contributed by atoms with E-state index in [2.05, 4.69) is 32.4 Å². The molecule has 144 valence electrons. The van der Waals surface area contributed by atoms with E-state index in [0.29, 0.717) is 10.8 Å². The van der Waals surface area contributed by atoms with Gasteiger partial charge in [0.1, 0.15) is 0 Å². The van der Waals surface area contributed by atoms with Crippen molar-refractivity contribution < 1.29 is 8.42 Å². The second kappa shape index (κ2) is 6.34. The Morgan fingerprint density at radius 2 is 1.42 bits per heavy atom. The van der Waals surface area contributed by atoms with Crippen molar-refractivity contribution in [3.05, 3.63) is 29.8 Å². The molecule has 0 amide bonds. The molecule has 4 aliphatic rings. The Morgan fingerprint density at radius 3 is 1.88 bits per heavy atom. The minimum atomic E-state index is -3.45. The highest BCUT2D eigenvalue weighted by Crippen LogP contribution is 2.57. The monoisotopic (exact) mass is 375 g/mol. The van der Waals surface area contributed by atoms with Gasteiger partial charge in [-0.05, 0) is 91.7 Å². The van der Waals surface area contributed by atoms with E-state index >= 15 is 0 Å². The summed E-state index contributed by atoms with van der Waals surface area (Å²) in [6.07, 6.45) is 6.72. The normalized spacial score (nSPS) is 34.8. The molecule has 1 aromatic carbocycles. The second-order valence-electron chi connectivity index (χ2n) is 10.2. The predicted molar refractivity (Wildman–Crippen MR) is 105 cm³/mol. The van der Waals surface area contributed by atoms with Crippen molar-refractivity contribution in [3.63, 3.8) is 0 Å². The van der Waals surface area contributed by atoms with Crippen molar-refractivity contribution in [2.24, 2.45) is 29.6 Å². The fraction of sp³-hybridized carbons (Fsp3) is 0.727. The van der Waals surface area contributed by atoms with Crippen LogP contribution in [-0.2, 0) is 15.4 Å². The van der Waals surface area contributed by atoms with Crippen LogP contribution in [0.4, 0.5) is 0 Å². The van der Waals surface area contributed by atoms with Crippen molar-refractivity contribution in [1.82, 2.24) is 4.72 Å². The Morgan fingerprint density at radius 1 is 0.923 bits per heavy atom. The van der Waals surface area contributed by atoms with E-state index in [1.807, 2.05) is 12.1 Å². The van der Waals surface area contributed by atoms with E-state index in [0.717, 1.165) is 29.2 Å². The summed E-state index contributed by atoms with van der Waals surface area (Å²) in [7, 11) is -3.45. The summed E-state index contributed by atoms with van der Waals surface area (Å²) in [4.78, 5) is 0.390. The molecule has 0 aliphatic heterocycles. The van der Waals surface area contributed by atoms with E-state index < -0.39 is 10.0 Å². The molecule has 1 N–H and O–H groups in total. The highest BCUT2D eigenvalue weighted by molar-refractivity contribution is 7.89. The first-order chi connectivity index (χ1) is 12.1. The number of hydrogen-bond donors (Lipinski definition) is 1. The van der Waals surface area contributed by atoms with Crippen molar-refractivity contribution in [1.29, 1.82) is 0 Å². The van der Waals surface area contributed by atoms with Gasteiger partial charge in [-0.3, -0.25) is 0 Å². The molecule has 0 spiro atoms. The van der Waals surface area contributed by atoms with Gasteiger partial charge in [0.15, 0.2) is 0 Å². The van der Waals surface area contributed by atoms with Gasteiger partial charge < -0.3 is 0 Å².